The van der Waals surface area contributed by atoms with Crippen LogP contribution in [0.5, 0.6) is 11.5 Å². The monoisotopic (exact) mass is 286 g/mol. The zero-order valence-corrected chi connectivity index (χ0v) is 12.1. The van der Waals surface area contributed by atoms with Crippen molar-refractivity contribution in [1.82, 2.24) is 0 Å². The number of nitrogens with one attached hydrogen (secondary N) is 1. The van der Waals surface area contributed by atoms with Gasteiger partial charge in [-0.05, 0) is 13.0 Å². The molecule has 1 amide bonds. The van der Waals surface area contributed by atoms with E-state index < -0.39 is 0 Å². The van der Waals surface area contributed by atoms with E-state index in [1.807, 2.05) is 6.92 Å². The van der Waals surface area contributed by atoms with E-state index in [0.717, 1.165) is 0 Å². The molecule has 1 atom stereocenters. The first-order valence-corrected chi connectivity index (χ1v) is 6.33. The maximum atomic E-state index is 12.0. The topological polar surface area (TPSA) is 73.6 Å². The van der Waals surface area contributed by atoms with Crippen LogP contribution in [-0.4, -0.2) is 26.7 Å². The van der Waals surface area contributed by atoms with Crippen LogP contribution in [0.3, 0.4) is 0 Å². The summed E-state index contributed by atoms with van der Waals surface area (Å²) < 4.78 is 10.3. The van der Waals surface area contributed by atoms with Crippen LogP contribution in [0.15, 0.2) is 12.1 Å². The maximum Gasteiger partial charge on any atom is 0.227 e. The van der Waals surface area contributed by atoms with Crippen molar-refractivity contribution in [1.29, 1.82) is 0 Å². The fourth-order valence-corrected chi connectivity index (χ4v) is 1.83. The van der Waals surface area contributed by atoms with Crippen molar-refractivity contribution in [2.24, 2.45) is 11.7 Å². The molecular weight excluding hydrogens is 268 g/mol. The number of carbonyl (C=O) groups excluding carboxylic acids is 1. The van der Waals surface area contributed by atoms with Crippen molar-refractivity contribution in [2.45, 2.75) is 13.3 Å². The number of rotatable bonds is 6. The third-order valence-electron chi connectivity index (χ3n) is 2.78. The number of anilines is 1. The Hall–Kier alpha value is -1.46. The maximum absolute atomic E-state index is 12.0. The first-order chi connectivity index (χ1) is 9.03. The van der Waals surface area contributed by atoms with Crippen LogP contribution in [-0.2, 0) is 4.79 Å². The molecule has 0 aliphatic rings. The van der Waals surface area contributed by atoms with Gasteiger partial charge in [0.2, 0.25) is 5.91 Å². The largest absolute Gasteiger partial charge is 0.495 e. The van der Waals surface area contributed by atoms with Crippen LogP contribution in [0.4, 0.5) is 5.69 Å². The lowest BCUT2D eigenvalue weighted by Crippen LogP contribution is -2.23. The minimum absolute atomic E-state index is 0.117. The van der Waals surface area contributed by atoms with Crippen LogP contribution in [0.25, 0.3) is 0 Å². The number of halogens is 1. The molecule has 106 valence electrons. The van der Waals surface area contributed by atoms with Crippen molar-refractivity contribution in [3.05, 3.63) is 17.2 Å². The average Bonchev–Trinajstić information content (AvgIpc) is 2.40. The molecule has 1 aromatic rings. The van der Waals surface area contributed by atoms with Gasteiger partial charge in [0, 0.05) is 18.1 Å². The summed E-state index contributed by atoms with van der Waals surface area (Å²) in [4.78, 5) is 12.0. The Morgan fingerprint density at radius 1 is 1.37 bits per heavy atom. The average molecular weight is 287 g/mol. The Morgan fingerprint density at radius 2 is 2.00 bits per heavy atom. The summed E-state index contributed by atoms with van der Waals surface area (Å²) in [7, 11) is 3.02. The molecule has 5 nitrogen and oxygen atoms in total. The molecule has 1 rings (SSSR count). The summed E-state index contributed by atoms with van der Waals surface area (Å²) in [6.45, 7) is 2.29. The molecule has 0 spiro atoms. The Bertz CT molecular complexity index is 452. The van der Waals surface area contributed by atoms with Crippen LogP contribution in [0.1, 0.15) is 13.3 Å². The second-order valence-electron chi connectivity index (χ2n) is 4.15. The Kier molecular flexibility index (Phi) is 5.92. The Balaban J connectivity index is 2.96. The van der Waals surface area contributed by atoms with E-state index in [1.165, 1.54) is 14.2 Å². The number of benzene rings is 1. The first kappa shape index (κ1) is 15.6. The predicted octanol–water partition coefficient (Wildman–Crippen LogP) is 2.28. The van der Waals surface area contributed by atoms with E-state index in [2.05, 4.69) is 5.32 Å². The lowest BCUT2D eigenvalue weighted by atomic mass is 10.1. The quantitative estimate of drug-likeness (QED) is 0.841. The first-order valence-electron chi connectivity index (χ1n) is 5.96. The van der Waals surface area contributed by atoms with Gasteiger partial charge in [-0.3, -0.25) is 4.79 Å². The number of hydrogen-bond acceptors (Lipinski definition) is 4. The molecule has 0 bridgehead atoms. The van der Waals surface area contributed by atoms with Crippen LogP contribution < -0.4 is 20.5 Å². The molecule has 6 heteroatoms. The molecule has 3 N–H and O–H groups in total. The SMILES string of the molecule is COc1cc(NC(=O)C(C)CCN)c(OC)cc1Cl. The molecule has 0 heterocycles. The normalized spacial score (nSPS) is 11.8. The van der Waals surface area contributed by atoms with Gasteiger partial charge in [0.05, 0.1) is 24.9 Å². The number of ether oxygens (including phenoxy) is 2. The van der Waals surface area contributed by atoms with E-state index in [1.54, 1.807) is 12.1 Å². The van der Waals surface area contributed by atoms with Gasteiger partial charge in [0.1, 0.15) is 11.5 Å². The predicted molar refractivity (Wildman–Crippen MR) is 76.0 cm³/mol. The third kappa shape index (κ3) is 4.01. The van der Waals surface area contributed by atoms with Gasteiger partial charge in [0.15, 0.2) is 0 Å². The van der Waals surface area contributed by atoms with E-state index >= 15 is 0 Å². The van der Waals surface area contributed by atoms with Gasteiger partial charge in [-0.2, -0.15) is 0 Å². The minimum Gasteiger partial charge on any atom is -0.495 e. The molecule has 0 saturated heterocycles. The summed E-state index contributed by atoms with van der Waals surface area (Å²) in [5, 5.41) is 3.21. The summed E-state index contributed by atoms with van der Waals surface area (Å²) >= 11 is 5.99. The minimum atomic E-state index is -0.170. The smallest absolute Gasteiger partial charge is 0.227 e. The molecule has 0 saturated carbocycles. The van der Waals surface area contributed by atoms with Crippen LogP contribution in [0, 0.1) is 5.92 Å². The van der Waals surface area contributed by atoms with E-state index in [9.17, 15) is 4.79 Å². The van der Waals surface area contributed by atoms with Gasteiger partial charge in [-0.1, -0.05) is 18.5 Å². The Labute approximate surface area is 118 Å². The molecule has 19 heavy (non-hydrogen) atoms. The van der Waals surface area contributed by atoms with Crippen molar-refractivity contribution in [3.8, 4) is 11.5 Å². The second-order valence-corrected chi connectivity index (χ2v) is 4.56. The number of carbonyl (C=O) groups is 1. The van der Waals surface area contributed by atoms with Gasteiger partial charge < -0.3 is 20.5 Å². The fraction of sp³-hybridized carbons (Fsp3) is 0.462. The van der Waals surface area contributed by atoms with Gasteiger partial charge in [-0.25, -0.2) is 0 Å². The van der Waals surface area contributed by atoms with Crippen molar-refractivity contribution < 1.29 is 14.3 Å². The summed E-state index contributed by atoms with van der Waals surface area (Å²) in [5.41, 5.74) is 5.97. The zero-order valence-electron chi connectivity index (χ0n) is 11.3. The molecule has 1 unspecified atom stereocenters. The fourth-order valence-electron chi connectivity index (χ4n) is 1.60. The summed E-state index contributed by atoms with van der Waals surface area (Å²) in [6.07, 6.45) is 0.624. The van der Waals surface area contributed by atoms with Crippen molar-refractivity contribution >= 4 is 23.2 Å². The molecule has 0 radical (unpaired) electrons. The zero-order chi connectivity index (χ0) is 14.4. The van der Waals surface area contributed by atoms with E-state index in [4.69, 9.17) is 26.8 Å². The molecule has 0 aromatic heterocycles. The van der Waals surface area contributed by atoms with E-state index in [-0.39, 0.29) is 11.8 Å². The number of methoxy groups -OCH3 is 2. The van der Waals surface area contributed by atoms with Crippen LogP contribution >= 0.6 is 11.6 Å². The highest BCUT2D eigenvalue weighted by Gasteiger charge is 2.16. The lowest BCUT2D eigenvalue weighted by molar-refractivity contribution is -0.119. The van der Waals surface area contributed by atoms with E-state index in [0.29, 0.717) is 35.2 Å². The van der Waals surface area contributed by atoms with Crippen molar-refractivity contribution in [3.63, 3.8) is 0 Å². The van der Waals surface area contributed by atoms with Gasteiger partial charge in [0.25, 0.3) is 0 Å². The molecule has 0 aliphatic carbocycles. The molecule has 0 aliphatic heterocycles. The van der Waals surface area contributed by atoms with Crippen molar-refractivity contribution in [2.75, 3.05) is 26.1 Å². The van der Waals surface area contributed by atoms with Gasteiger partial charge in [-0.15, -0.1) is 0 Å². The highest BCUT2D eigenvalue weighted by atomic mass is 35.5. The highest BCUT2D eigenvalue weighted by molar-refractivity contribution is 6.32. The summed E-state index contributed by atoms with van der Waals surface area (Å²) in [5.74, 6) is 0.674. The highest BCUT2D eigenvalue weighted by Crippen LogP contribution is 2.36. The second kappa shape index (κ2) is 7.21. The lowest BCUT2D eigenvalue weighted by Gasteiger charge is -2.15. The molecular formula is C13H19ClN2O3. The van der Waals surface area contributed by atoms with Gasteiger partial charge >= 0.3 is 0 Å². The molecule has 1 aromatic carbocycles. The number of nitrogens with two attached hydrogens (primary N) is 1. The number of amides is 1. The third-order valence-corrected chi connectivity index (χ3v) is 3.07. The van der Waals surface area contributed by atoms with Crippen LogP contribution in [0.2, 0.25) is 5.02 Å². The standard InChI is InChI=1S/C13H19ClN2O3/c1-8(4-5-15)13(17)16-10-7-11(18-2)9(14)6-12(10)19-3/h6-8H,4-5,15H2,1-3H3,(H,16,17). The molecule has 0 fully saturated rings. The number of hydrogen-bond donors (Lipinski definition) is 2. The summed E-state index contributed by atoms with van der Waals surface area (Å²) in [6, 6.07) is 3.23. The Morgan fingerprint density at radius 3 is 2.53 bits per heavy atom.